The zero-order chi connectivity index (χ0) is 38.9. The predicted octanol–water partition coefficient (Wildman–Crippen LogP) is -7.49. The minimum atomic E-state index is -4.68. The Morgan fingerprint density at radius 3 is 0.765 bits per heavy atom. The summed E-state index contributed by atoms with van der Waals surface area (Å²) in [5, 5.41) is 0. The molecule has 0 aliphatic heterocycles. The molecule has 0 bridgehead atoms. The van der Waals surface area contributed by atoms with Crippen molar-refractivity contribution in [1.29, 1.82) is 0 Å². The number of hydrogen-bond donors (Lipinski definition) is 3. The molecule has 3 N–H and O–H groups in total. The second kappa shape index (κ2) is 15.0. The van der Waals surface area contributed by atoms with Gasteiger partial charge in [0.05, 0.1) is 0 Å². The number of hydrogen-bond acceptors (Lipinski definition) is 18. The molecule has 0 saturated carbocycles. The van der Waals surface area contributed by atoms with Crippen LogP contribution in [0.15, 0.2) is 43.2 Å². The van der Waals surface area contributed by atoms with E-state index in [-0.39, 0.29) is 26.4 Å². The molecule has 284 valence electrons. The Morgan fingerprint density at radius 2 is 0.608 bits per heavy atom. The van der Waals surface area contributed by atoms with Gasteiger partial charge >= 0.3 is 78.1 Å². The molecule has 0 aliphatic rings. The van der Waals surface area contributed by atoms with Gasteiger partial charge in [-0.05, 0) is 0 Å². The van der Waals surface area contributed by atoms with E-state index in [4.69, 9.17) is 39.8 Å². The maximum absolute atomic E-state index is 14.5. The van der Waals surface area contributed by atoms with Crippen LogP contribution in [0.2, 0.25) is 0 Å². The number of rotatable bonds is 16. The van der Waals surface area contributed by atoms with Crippen LogP contribution in [-0.4, -0.2) is 132 Å². The molecule has 0 saturated heterocycles. The average Bonchev–Trinajstić information content (AvgIpc) is 3.09. The fourth-order valence-corrected chi connectivity index (χ4v) is 10.5. The minimum absolute atomic E-state index is 0.0879. The number of nitrogens with zero attached hydrogens (tertiary/aromatic N) is 6. The monoisotopic (exact) mass is 785 g/mol. The summed E-state index contributed by atoms with van der Waals surface area (Å²) < 4.78 is 47.4. The van der Waals surface area contributed by atoms with E-state index in [1.807, 2.05) is 0 Å². The molecule has 3 aromatic rings. The molecular formula is C21H35N9O18Si3. The first-order valence-electron chi connectivity index (χ1n) is 13.9. The topological polar surface area (TPSA) is 314 Å². The quantitative estimate of drug-likeness (QED) is 0.114. The van der Waals surface area contributed by atoms with Crippen LogP contribution in [0.5, 0.6) is 0 Å². The van der Waals surface area contributed by atoms with Crippen LogP contribution in [0, 0.1) is 0 Å². The molecule has 27 nitrogen and oxygen atoms in total. The Bertz CT molecular complexity index is 2040. The molecular weight excluding hydrogens is 751 g/mol. The van der Waals surface area contributed by atoms with Crippen LogP contribution < -0.4 is 51.2 Å². The summed E-state index contributed by atoms with van der Waals surface area (Å²) in [6.45, 7) is 1.07. The average molecular weight is 786 g/mol. The van der Waals surface area contributed by atoms with E-state index in [1.165, 1.54) is 0 Å². The summed E-state index contributed by atoms with van der Waals surface area (Å²) in [6.07, 6.45) is -1.01. The van der Waals surface area contributed by atoms with Gasteiger partial charge in [-0.2, -0.15) is 0 Å². The van der Waals surface area contributed by atoms with Crippen LogP contribution in [0.3, 0.4) is 0 Å². The standard InChI is InChI=1S/C21H35N9O18Si3/c1-11-21(25-12(31)22-15(34)28(18(25)37)49(40-2,41-3)42-4,26-13(32)23-16(35)29(19(26)38)50(43-5,44-6)45-7)27-14(33)24-17(36)30(20(27)39)51(46-8,47-9)48-10/h11H2,1-10H3,(H,22,31,34)(H,23,32,35)(H,24,33,36). The second-order valence-electron chi connectivity index (χ2n) is 9.60. The van der Waals surface area contributed by atoms with Gasteiger partial charge in [-0.1, -0.05) is 6.92 Å². The molecule has 0 aliphatic carbocycles. The molecule has 3 aromatic heterocycles. The van der Waals surface area contributed by atoms with Crippen LogP contribution in [0.25, 0.3) is 0 Å². The molecule has 0 radical (unpaired) electrons. The minimum Gasteiger partial charge on any atom is -0.359 e. The number of aromatic nitrogens is 9. The summed E-state index contributed by atoms with van der Waals surface area (Å²) in [5.41, 5.74) is -15.2. The Balaban J connectivity index is 3.01. The van der Waals surface area contributed by atoms with Gasteiger partial charge in [0.2, 0.25) is 5.79 Å². The zero-order valence-corrected chi connectivity index (χ0v) is 31.7. The fraction of sp³-hybridized carbons (Fsp3) is 0.571. The van der Waals surface area contributed by atoms with E-state index >= 15 is 0 Å². The summed E-state index contributed by atoms with van der Waals surface area (Å²) in [5.74, 6) is -3.43. The van der Waals surface area contributed by atoms with Gasteiger partial charge in [-0.3, -0.25) is 15.0 Å². The maximum atomic E-state index is 14.5. The van der Waals surface area contributed by atoms with Gasteiger partial charge in [-0.15, -0.1) is 0 Å². The van der Waals surface area contributed by atoms with Gasteiger partial charge in [0, 0.05) is 70.4 Å². The third-order valence-electron chi connectivity index (χ3n) is 7.70. The lowest BCUT2D eigenvalue weighted by molar-refractivity contribution is 0.0827. The van der Waals surface area contributed by atoms with E-state index in [0.29, 0.717) is 0 Å². The SMILES string of the molecule is CCC(n1c(=O)[nH]c(=O)n([Si](OC)(OC)OC)c1=O)(n1c(=O)[nH]c(=O)n([Si](OC)(OC)OC)c1=O)n1c(=O)[nH]c(=O)n([Si](OC)(OC)OC)c1=O. The van der Waals surface area contributed by atoms with Crippen LogP contribution in [0.4, 0.5) is 0 Å². The molecule has 0 atom stereocenters. The molecule has 3 rings (SSSR count). The highest BCUT2D eigenvalue weighted by molar-refractivity contribution is 6.59. The smallest absolute Gasteiger partial charge is 0.359 e. The predicted molar refractivity (Wildman–Crippen MR) is 172 cm³/mol. The summed E-state index contributed by atoms with van der Waals surface area (Å²) in [4.78, 5) is 130. The number of aromatic amines is 3. The first-order chi connectivity index (χ1) is 24.0. The summed E-state index contributed by atoms with van der Waals surface area (Å²) >= 11 is 0. The molecule has 0 amide bonds. The van der Waals surface area contributed by atoms with Crippen molar-refractivity contribution in [2.24, 2.45) is 0 Å². The first kappa shape index (κ1) is 40.9. The molecule has 30 heteroatoms. The highest BCUT2D eigenvalue weighted by Crippen LogP contribution is 2.18. The van der Waals surface area contributed by atoms with Crippen molar-refractivity contribution in [1.82, 2.24) is 41.4 Å². The van der Waals surface area contributed by atoms with E-state index < -0.39 is 90.3 Å². The third-order valence-corrected chi connectivity index (χ3v) is 15.2. The molecule has 51 heavy (non-hydrogen) atoms. The van der Waals surface area contributed by atoms with Crippen molar-refractivity contribution in [2.75, 3.05) is 64.0 Å². The third kappa shape index (κ3) is 5.84. The van der Waals surface area contributed by atoms with Gasteiger partial charge in [0.15, 0.2) is 0 Å². The van der Waals surface area contributed by atoms with E-state index in [1.54, 1.807) is 15.0 Å². The lowest BCUT2D eigenvalue weighted by Gasteiger charge is -2.37. The van der Waals surface area contributed by atoms with E-state index in [0.717, 1.165) is 70.9 Å². The van der Waals surface area contributed by atoms with Gasteiger partial charge in [0.1, 0.15) is 0 Å². The Hall–Kier alpha value is -4.48. The molecule has 0 unspecified atom stereocenters. The van der Waals surface area contributed by atoms with Crippen molar-refractivity contribution >= 4 is 26.9 Å². The Morgan fingerprint density at radius 1 is 0.412 bits per heavy atom. The molecule has 0 fully saturated rings. The molecule has 3 heterocycles. The molecule has 0 spiro atoms. The fourth-order valence-electron chi connectivity index (χ4n) is 5.45. The van der Waals surface area contributed by atoms with Gasteiger partial charge in [-0.25, -0.2) is 69.6 Å². The first-order valence-corrected chi connectivity index (χ1v) is 18.9. The number of nitrogens with one attached hydrogen (secondary N) is 3. The van der Waals surface area contributed by atoms with Gasteiger partial charge in [0.25, 0.3) is 0 Å². The zero-order valence-electron chi connectivity index (χ0n) is 28.7. The van der Waals surface area contributed by atoms with Crippen molar-refractivity contribution in [2.45, 2.75) is 19.1 Å². The Labute approximate surface area is 285 Å². The number of H-pyrrole nitrogens is 3. The second-order valence-corrected chi connectivity index (χ2v) is 17.8. The summed E-state index contributed by atoms with van der Waals surface area (Å²) in [6, 6.07) is 0. The van der Waals surface area contributed by atoms with Gasteiger partial charge < -0.3 is 39.8 Å². The highest BCUT2D eigenvalue weighted by Gasteiger charge is 2.54. The lowest BCUT2D eigenvalue weighted by atomic mass is 10.2. The van der Waals surface area contributed by atoms with Crippen LogP contribution in [0.1, 0.15) is 13.3 Å². The lowest BCUT2D eigenvalue weighted by Crippen LogP contribution is -2.77. The van der Waals surface area contributed by atoms with Crippen molar-refractivity contribution in [3.8, 4) is 0 Å². The van der Waals surface area contributed by atoms with Crippen LogP contribution >= 0.6 is 0 Å². The molecule has 0 aromatic carbocycles. The van der Waals surface area contributed by atoms with Crippen LogP contribution in [-0.2, 0) is 45.6 Å². The largest absolute Gasteiger partial charge is 0.645 e. The highest BCUT2D eigenvalue weighted by atomic mass is 28.4. The van der Waals surface area contributed by atoms with Crippen molar-refractivity contribution < 1.29 is 39.8 Å². The maximum Gasteiger partial charge on any atom is 0.645 e. The Kier molecular flexibility index (Phi) is 12.1. The van der Waals surface area contributed by atoms with Crippen molar-refractivity contribution in [3.63, 3.8) is 0 Å². The van der Waals surface area contributed by atoms with E-state index in [2.05, 4.69) is 0 Å². The van der Waals surface area contributed by atoms with Crippen molar-refractivity contribution in [3.05, 3.63) is 94.4 Å². The summed E-state index contributed by atoms with van der Waals surface area (Å²) in [7, 11) is -5.31. The normalized spacial score (nSPS) is 12.8. The van der Waals surface area contributed by atoms with E-state index in [9.17, 15) is 43.2 Å².